The average molecular weight is 868 g/mol. The molecule has 0 aromatic rings. The molecule has 0 aromatic heterocycles. The molecule has 1 unspecified atom stereocenters. The van der Waals surface area contributed by atoms with Crippen LogP contribution in [0.2, 0.25) is 0 Å². The lowest BCUT2D eigenvalue weighted by Crippen LogP contribution is -2.33. The van der Waals surface area contributed by atoms with Crippen molar-refractivity contribution in [2.75, 3.05) is 101 Å². The minimum Gasteiger partial charge on any atom is -0.463 e. The van der Waals surface area contributed by atoms with Gasteiger partial charge >= 0.3 is 18.1 Å². The van der Waals surface area contributed by atoms with Crippen LogP contribution in [0.1, 0.15) is 108 Å². The molecule has 0 fully saturated rings. The second kappa shape index (κ2) is 77.3. The summed E-state index contributed by atoms with van der Waals surface area (Å²) in [5, 5.41) is 0. The van der Waals surface area contributed by atoms with Crippen molar-refractivity contribution in [1.82, 2.24) is 0 Å². The van der Waals surface area contributed by atoms with E-state index in [9.17, 15) is 53.5 Å². The van der Waals surface area contributed by atoms with E-state index in [4.69, 9.17) is 28.4 Å². The SMILES string of the molecule is C.C.C.C.C.C.C.C=C(C)C(=O)OCCOCCOC.CC.CCCF.CCOCOCCOC(=O)C(C)(C)COC(F)CF.CF.FCC(F)(F)F.FCF.[2HH]. The lowest BCUT2D eigenvalue weighted by atomic mass is 9.95. The van der Waals surface area contributed by atoms with E-state index in [1.54, 1.807) is 21.0 Å². The second-order valence-corrected chi connectivity index (χ2v) is 8.47. The maximum absolute atomic E-state index is 12.6. The number of rotatable bonds is 19. The van der Waals surface area contributed by atoms with Gasteiger partial charge in [0.05, 0.1) is 52.3 Å². The molecule has 0 heterocycles. The third-order valence-corrected chi connectivity index (χ3v) is 3.71. The van der Waals surface area contributed by atoms with Gasteiger partial charge in [-0.2, -0.15) is 13.2 Å². The van der Waals surface area contributed by atoms with E-state index in [1.807, 2.05) is 20.8 Å². The third-order valence-electron chi connectivity index (χ3n) is 3.71. The zero-order chi connectivity index (χ0) is 40.2. The number of carbonyl (C=O) groups excluding carboxylic acids is 2. The first-order valence-electron chi connectivity index (χ1n) is 14.7. The fraction of sp³-hybridized carbons (Fsp3) is 0.892. The highest BCUT2D eigenvalue weighted by Crippen LogP contribution is 2.19. The Bertz CT molecular complexity index is 672. The summed E-state index contributed by atoms with van der Waals surface area (Å²) < 4.78 is 140. The van der Waals surface area contributed by atoms with E-state index in [-0.39, 0.29) is 99.3 Å². The maximum Gasteiger partial charge on any atom is 0.416 e. The summed E-state index contributed by atoms with van der Waals surface area (Å²) in [4.78, 5) is 22.5. The van der Waals surface area contributed by atoms with Crippen LogP contribution < -0.4 is 0 Å². The minimum absolute atomic E-state index is 0. The topological polar surface area (TPSA) is 98.8 Å². The monoisotopic (exact) mass is 868 g/mol. The molecule has 1 atom stereocenters. The number of halogens is 10. The molecule has 9 nitrogen and oxygen atoms in total. The number of methoxy groups -OCH3 is 1. The van der Waals surface area contributed by atoms with Crippen LogP contribution in [0.5, 0.6) is 0 Å². The Morgan fingerprint density at radius 1 is 0.732 bits per heavy atom. The van der Waals surface area contributed by atoms with Crippen molar-refractivity contribution in [3.63, 3.8) is 0 Å². The van der Waals surface area contributed by atoms with Gasteiger partial charge in [-0.3, -0.25) is 13.6 Å². The Hall–Kier alpha value is -2.22. The molecular formula is C37H88F10O9. The van der Waals surface area contributed by atoms with Crippen molar-refractivity contribution in [3.05, 3.63) is 12.2 Å². The van der Waals surface area contributed by atoms with Gasteiger partial charge in [0.2, 0.25) is 13.3 Å². The highest BCUT2D eigenvalue weighted by atomic mass is 19.4. The predicted octanol–water partition coefficient (Wildman–Crippen LogP) is 12.7. The van der Waals surface area contributed by atoms with E-state index in [2.05, 4.69) is 11.3 Å². The fourth-order valence-electron chi connectivity index (χ4n) is 1.55. The van der Waals surface area contributed by atoms with Crippen molar-refractivity contribution < 1.29 is 88.1 Å². The van der Waals surface area contributed by atoms with E-state index in [1.165, 1.54) is 13.8 Å². The molecule has 0 aliphatic heterocycles. The summed E-state index contributed by atoms with van der Waals surface area (Å²) in [7, 11) is 2.10. The summed E-state index contributed by atoms with van der Waals surface area (Å²) in [5.41, 5.74) is -0.642. The zero-order valence-corrected chi connectivity index (χ0v) is 30.1. The summed E-state index contributed by atoms with van der Waals surface area (Å²) in [6.07, 6.45) is -5.98. The summed E-state index contributed by atoms with van der Waals surface area (Å²) in [5.74, 6) is -0.936. The molecule has 0 spiro atoms. The quantitative estimate of drug-likeness (QED) is 0.0413. The van der Waals surface area contributed by atoms with Crippen LogP contribution in [0, 0.1) is 5.41 Å². The number of hydrogen-bond acceptors (Lipinski definition) is 9. The fourth-order valence-corrected chi connectivity index (χ4v) is 1.55. The van der Waals surface area contributed by atoms with Gasteiger partial charge in [-0.1, -0.05) is 79.3 Å². The lowest BCUT2D eigenvalue weighted by molar-refractivity contribution is -0.165. The number of carbonyl (C=O) groups is 2. The highest BCUT2D eigenvalue weighted by molar-refractivity contribution is 5.86. The van der Waals surface area contributed by atoms with Gasteiger partial charge in [0.25, 0.3) is 0 Å². The van der Waals surface area contributed by atoms with Gasteiger partial charge in [0, 0.05) is 20.7 Å². The zero-order valence-electron chi connectivity index (χ0n) is 30.1. The number of hydrogen-bond donors (Lipinski definition) is 0. The standard InChI is InChI=1S/C12H22F2O5.C9H16O4.C3H7F.C2H2F4.C2H6.CH2F2.CH3F.7CH4.H2/c1-4-16-9-17-5-6-18-11(15)12(2,3)8-19-10(14)7-13;1-8(2)9(10)13-7-6-12-5-4-11-3;1-2-3-4;3-1-2(4,5)6;1-2;2-1-3;1-2;;;;;;;;/h10H,4-9H2,1-3H3;1,4-7H2,2-3H3;2-3H2,1H3;1H2;1-2H3;1H2;1H3;7*1H4;1H/i;;;;;;;;;;;;;;1+1. The van der Waals surface area contributed by atoms with Gasteiger partial charge in [0.1, 0.15) is 26.7 Å². The third kappa shape index (κ3) is 104. The van der Waals surface area contributed by atoms with Crippen LogP contribution in [0.3, 0.4) is 0 Å². The molecule has 0 radical (unpaired) electrons. The first-order valence-corrected chi connectivity index (χ1v) is 14.7. The normalized spacial score (nSPS) is 9.12. The predicted molar refractivity (Wildman–Crippen MR) is 215 cm³/mol. The van der Waals surface area contributed by atoms with E-state index < -0.39 is 44.2 Å². The van der Waals surface area contributed by atoms with Crippen LogP contribution in [0.25, 0.3) is 0 Å². The molecule has 0 aliphatic carbocycles. The molecule has 0 aliphatic rings. The van der Waals surface area contributed by atoms with Crippen molar-refractivity contribution >= 4 is 11.9 Å². The maximum atomic E-state index is 12.6. The summed E-state index contributed by atoms with van der Waals surface area (Å²) in [6, 6.07) is 0. The molecule has 0 amide bonds. The van der Waals surface area contributed by atoms with Crippen molar-refractivity contribution in [2.45, 2.75) is 119 Å². The molecule has 56 heavy (non-hydrogen) atoms. The molecule has 0 saturated carbocycles. The number of alkyl halides is 10. The van der Waals surface area contributed by atoms with Gasteiger partial charge in [0.15, 0.2) is 6.67 Å². The van der Waals surface area contributed by atoms with E-state index in [0.717, 1.165) is 0 Å². The largest absolute Gasteiger partial charge is 0.463 e. The highest BCUT2D eigenvalue weighted by Gasteiger charge is 2.31. The molecule has 19 heteroatoms. The smallest absolute Gasteiger partial charge is 0.416 e. The van der Waals surface area contributed by atoms with Gasteiger partial charge in [-0.05, 0) is 34.1 Å². The van der Waals surface area contributed by atoms with Crippen LogP contribution in [-0.4, -0.2) is 125 Å². The molecule has 0 bridgehead atoms. The molecule has 0 aromatic carbocycles. The summed E-state index contributed by atoms with van der Waals surface area (Å²) >= 11 is 0. The Morgan fingerprint density at radius 2 is 1.11 bits per heavy atom. The van der Waals surface area contributed by atoms with Crippen LogP contribution in [-0.2, 0) is 42.7 Å². The number of ether oxygens (including phenoxy) is 7. The molecular weight excluding hydrogens is 778 g/mol. The van der Waals surface area contributed by atoms with Gasteiger partial charge in [-0.25, -0.2) is 26.7 Å². The Morgan fingerprint density at radius 3 is 1.43 bits per heavy atom. The van der Waals surface area contributed by atoms with E-state index >= 15 is 0 Å². The average Bonchev–Trinajstić information content (AvgIpc) is 3.09. The Labute approximate surface area is 338 Å². The van der Waals surface area contributed by atoms with Gasteiger partial charge in [-0.15, -0.1) is 0 Å². The lowest BCUT2D eigenvalue weighted by Gasteiger charge is -2.22. The van der Waals surface area contributed by atoms with Gasteiger partial charge < -0.3 is 33.2 Å². The second-order valence-electron chi connectivity index (χ2n) is 8.47. The molecule has 0 saturated heterocycles. The van der Waals surface area contributed by atoms with Crippen molar-refractivity contribution in [2.24, 2.45) is 5.41 Å². The first kappa shape index (κ1) is 94.7. The molecule has 0 N–H and O–H groups in total. The molecule has 360 valence electrons. The molecule has 0 rings (SSSR count). The van der Waals surface area contributed by atoms with Crippen LogP contribution >= 0.6 is 0 Å². The Kier molecular flexibility index (Phi) is 131. The Balaban J connectivity index is -0.0000000315. The summed E-state index contributed by atoms with van der Waals surface area (Å²) in [6.45, 7) is 12.8. The van der Waals surface area contributed by atoms with E-state index in [0.29, 0.717) is 45.6 Å². The van der Waals surface area contributed by atoms with Crippen LogP contribution in [0.15, 0.2) is 12.2 Å². The minimum atomic E-state index is -4.62. The van der Waals surface area contributed by atoms with Crippen molar-refractivity contribution in [1.29, 1.82) is 0 Å². The first-order chi connectivity index (χ1) is 23.0. The van der Waals surface area contributed by atoms with Crippen LogP contribution in [0.4, 0.5) is 43.9 Å². The number of esters is 2. The van der Waals surface area contributed by atoms with Crippen molar-refractivity contribution in [3.8, 4) is 0 Å².